The minimum absolute atomic E-state index is 0.108. The molecule has 0 radical (unpaired) electrons. The van der Waals surface area contributed by atoms with Crippen LogP contribution in [0.2, 0.25) is 0 Å². The van der Waals surface area contributed by atoms with E-state index in [9.17, 15) is 4.79 Å². The lowest BCUT2D eigenvalue weighted by Gasteiger charge is -2.21. The van der Waals surface area contributed by atoms with E-state index in [1.165, 1.54) is 0 Å². The molecule has 0 fully saturated rings. The van der Waals surface area contributed by atoms with Gasteiger partial charge in [0.05, 0.1) is 5.69 Å². The number of furan rings is 1. The summed E-state index contributed by atoms with van der Waals surface area (Å²) in [6.07, 6.45) is 0.940. The van der Waals surface area contributed by atoms with Crippen LogP contribution in [-0.2, 0) is 6.61 Å². The summed E-state index contributed by atoms with van der Waals surface area (Å²) in [5, 5.41) is 0.468. The largest absolute Gasteiger partial charge is 0.486 e. The van der Waals surface area contributed by atoms with Crippen molar-refractivity contribution in [3.8, 4) is 5.75 Å². The molecule has 4 nitrogen and oxygen atoms in total. The molecule has 5 heteroatoms. The molecule has 1 aliphatic rings. The Morgan fingerprint density at radius 2 is 1.89 bits per heavy atom. The maximum Gasteiger partial charge on any atom is 0.294 e. The Labute approximate surface area is 163 Å². The number of benzene rings is 2. The Balaban J connectivity index is 1.51. The molecule has 0 saturated carbocycles. The molecule has 0 aliphatic carbocycles. The minimum Gasteiger partial charge on any atom is -0.486 e. The number of hydrogen-bond donors (Lipinski definition) is 0. The first-order valence-electron chi connectivity index (χ1n) is 9.05. The maximum absolute atomic E-state index is 13.1. The van der Waals surface area contributed by atoms with Gasteiger partial charge in [0.25, 0.3) is 5.91 Å². The van der Waals surface area contributed by atoms with Crippen LogP contribution in [0.1, 0.15) is 29.7 Å². The second-order valence-electron chi connectivity index (χ2n) is 6.51. The second-order valence-corrected chi connectivity index (χ2v) is 7.99. The molecule has 0 N–H and O–H groups in total. The molecule has 0 spiro atoms. The van der Waals surface area contributed by atoms with Crippen molar-refractivity contribution in [3.05, 3.63) is 78.3 Å². The van der Waals surface area contributed by atoms with Crippen LogP contribution in [0, 0.1) is 0 Å². The highest BCUT2D eigenvalue weighted by molar-refractivity contribution is 8.00. The molecule has 3 aromatic rings. The maximum atomic E-state index is 13.1. The Hall–Kier alpha value is -2.66. The number of ether oxygens (including phenoxy) is 1. The van der Waals surface area contributed by atoms with E-state index in [0.717, 1.165) is 22.8 Å². The van der Waals surface area contributed by atoms with Crippen LogP contribution in [-0.4, -0.2) is 17.7 Å². The Morgan fingerprint density at radius 3 is 2.74 bits per heavy atom. The van der Waals surface area contributed by atoms with Crippen molar-refractivity contribution in [2.75, 3.05) is 11.4 Å². The highest BCUT2D eigenvalue weighted by Gasteiger charge is 2.26. The van der Waals surface area contributed by atoms with E-state index in [1.807, 2.05) is 65.2 Å². The van der Waals surface area contributed by atoms with Crippen molar-refractivity contribution in [2.45, 2.75) is 30.1 Å². The third kappa shape index (κ3) is 4.03. The number of thioether (sulfide) groups is 1. The summed E-state index contributed by atoms with van der Waals surface area (Å²) in [5.74, 6) is 1.64. The van der Waals surface area contributed by atoms with Crippen LogP contribution in [0.4, 0.5) is 5.69 Å². The Kier molecular flexibility index (Phi) is 5.21. The topological polar surface area (TPSA) is 42.7 Å². The van der Waals surface area contributed by atoms with Gasteiger partial charge >= 0.3 is 0 Å². The molecule has 1 amide bonds. The third-order valence-corrected chi connectivity index (χ3v) is 5.72. The first-order valence-corrected chi connectivity index (χ1v) is 9.93. The van der Waals surface area contributed by atoms with Gasteiger partial charge < -0.3 is 14.1 Å². The van der Waals surface area contributed by atoms with Crippen molar-refractivity contribution in [1.82, 2.24) is 0 Å². The van der Waals surface area contributed by atoms with Crippen LogP contribution in [0.25, 0.3) is 0 Å². The number of para-hydroxylation sites is 2. The summed E-state index contributed by atoms with van der Waals surface area (Å²) in [7, 11) is 0. The van der Waals surface area contributed by atoms with E-state index in [0.29, 0.717) is 29.9 Å². The highest BCUT2D eigenvalue weighted by Crippen LogP contribution is 2.37. The summed E-state index contributed by atoms with van der Waals surface area (Å²) >= 11 is 1.82. The molecule has 1 atom stereocenters. The molecular weight excluding hydrogens is 358 g/mol. The molecule has 0 unspecified atom stereocenters. The van der Waals surface area contributed by atoms with E-state index >= 15 is 0 Å². The summed E-state index contributed by atoms with van der Waals surface area (Å²) < 4.78 is 11.5. The molecular formula is C22H21NO3S. The molecule has 138 valence electrons. The molecule has 2 aromatic carbocycles. The minimum atomic E-state index is -0.108. The first kappa shape index (κ1) is 17.7. The number of rotatable bonds is 4. The van der Waals surface area contributed by atoms with E-state index in [-0.39, 0.29) is 5.91 Å². The van der Waals surface area contributed by atoms with Crippen LogP contribution in [0.5, 0.6) is 5.75 Å². The molecule has 27 heavy (non-hydrogen) atoms. The molecule has 0 bridgehead atoms. The van der Waals surface area contributed by atoms with Gasteiger partial charge in [0.2, 0.25) is 0 Å². The van der Waals surface area contributed by atoms with Crippen LogP contribution in [0.3, 0.4) is 0 Å². The van der Waals surface area contributed by atoms with Gasteiger partial charge in [-0.25, -0.2) is 0 Å². The lowest BCUT2D eigenvalue weighted by molar-refractivity contribution is 0.0955. The molecule has 2 heterocycles. The summed E-state index contributed by atoms with van der Waals surface area (Å²) in [6.45, 7) is 3.17. The van der Waals surface area contributed by atoms with E-state index in [2.05, 4.69) is 13.0 Å². The fraction of sp³-hybridized carbons (Fsp3) is 0.227. The fourth-order valence-electron chi connectivity index (χ4n) is 3.07. The van der Waals surface area contributed by atoms with E-state index in [4.69, 9.17) is 9.15 Å². The SMILES string of the molecule is C[C@H]1CCN(C(=O)c2ccc(COc3ccccc3)o2)c2ccccc2S1. The second kappa shape index (κ2) is 7.92. The fourth-order valence-corrected chi connectivity index (χ4v) is 4.19. The predicted molar refractivity (Wildman–Crippen MR) is 108 cm³/mol. The number of fused-ring (bicyclic) bond motifs is 1. The number of amides is 1. The highest BCUT2D eigenvalue weighted by atomic mass is 32.2. The molecule has 1 aliphatic heterocycles. The predicted octanol–water partition coefficient (Wildman–Crippen LogP) is 5.39. The van der Waals surface area contributed by atoms with Crippen molar-refractivity contribution < 1.29 is 13.9 Å². The quantitative estimate of drug-likeness (QED) is 0.609. The summed E-state index contributed by atoms with van der Waals surface area (Å²) in [5.41, 5.74) is 0.954. The van der Waals surface area contributed by atoms with Crippen molar-refractivity contribution in [3.63, 3.8) is 0 Å². The normalized spacial score (nSPS) is 16.5. The first-order chi connectivity index (χ1) is 13.2. The third-order valence-electron chi connectivity index (χ3n) is 4.49. The van der Waals surface area contributed by atoms with Gasteiger partial charge in [-0.15, -0.1) is 11.8 Å². The number of nitrogens with zero attached hydrogens (tertiary/aromatic N) is 1. The van der Waals surface area contributed by atoms with Crippen molar-refractivity contribution in [1.29, 1.82) is 0 Å². The average Bonchev–Trinajstić information content (AvgIpc) is 3.10. The van der Waals surface area contributed by atoms with Gasteiger partial charge in [-0.2, -0.15) is 0 Å². The summed E-state index contributed by atoms with van der Waals surface area (Å²) in [4.78, 5) is 16.1. The molecule has 0 saturated heterocycles. The number of hydrogen-bond acceptors (Lipinski definition) is 4. The van der Waals surface area contributed by atoms with Crippen LogP contribution >= 0.6 is 11.8 Å². The smallest absolute Gasteiger partial charge is 0.294 e. The van der Waals surface area contributed by atoms with Crippen molar-refractivity contribution >= 4 is 23.4 Å². The van der Waals surface area contributed by atoms with E-state index < -0.39 is 0 Å². The van der Waals surface area contributed by atoms with Crippen LogP contribution < -0.4 is 9.64 Å². The zero-order valence-electron chi connectivity index (χ0n) is 15.1. The van der Waals surface area contributed by atoms with Crippen molar-refractivity contribution in [2.24, 2.45) is 0 Å². The molecule has 1 aromatic heterocycles. The van der Waals surface area contributed by atoms with Gasteiger partial charge in [-0.3, -0.25) is 4.79 Å². The monoisotopic (exact) mass is 379 g/mol. The number of carbonyl (C=O) groups excluding carboxylic acids is 1. The van der Waals surface area contributed by atoms with Gasteiger partial charge in [0.1, 0.15) is 18.1 Å². The number of carbonyl (C=O) groups is 1. The zero-order chi connectivity index (χ0) is 18.6. The Morgan fingerprint density at radius 1 is 1.11 bits per heavy atom. The molecule has 4 rings (SSSR count). The Bertz CT molecular complexity index is 922. The lowest BCUT2D eigenvalue weighted by atomic mass is 10.2. The standard InChI is InChI=1S/C22H21NO3S/c1-16-13-14-23(19-9-5-6-10-21(19)27-16)22(24)20-12-11-18(26-20)15-25-17-7-3-2-4-8-17/h2-12,16H,13-15H2,1H3/t16-/m0/s1. The lowest BCUT2D eigenvalue weighted by Crippen LogP contribution is -2.32. The van der Waals surface area contributed by atoms with Gasteiger partial charge in [-0.1, -0.05) is 37.3 Å². The van der Waals surface area contributed by atoms with Gasteiger partial charge in [0, 0.05) is 16.7 Å². The zero-order valence-corrected chi connectivity index (χ0v) is 15.9. The summed E-state index contributed by atoms with van der Waals surface area (Å²) in [6, 6.07) is 21.1. The van der Waals surface area contributed by atoms with Crippen LogP contribution in [0.15, 0.2) is 76.0 Å². The number of anilines is 1. The van der Waals surface area contributed by atoms with Gasteiger partial charge in [0.15, 0.2) is 5.76 Å². The van der Waals surface area contributed by atoms with E-state index in [1.54, 1.807) is 12.1 Å². The van der Waals surface area contributed by atoms with Gasteiger partial charge in [-0.05, 0) is 42.8 Å². The average molecular weight is 379 g/mol.